The maximum absolute atomic E-state index is 12.4. The van der Waals surface area contributed by atoms with Crippen LogP contribution in [-0.2, 0) is 9.59 Å². The number of carbonyl (C=O) groups is 4. The first-order valence-corrected chi connectivity index (χ1v) is 10.3. The number of amidine groups is 1. The summed E-state index contributed by atoms with van der Waals surface area (Å²) >= 11 is 12.8. The fourth-order valence-corrected chi connectivity index (χ4v) is 4.32. The van der Waals surface area contributed by atoms with Crippen molar-refractivity contribution in [1.82, 2.24) is 10.3 Å². The number of imide groups is 1. The predicted molar refractivity (Wildman–Crippen MR) is 114 cm³/mol. The van der Waals surface area contributed by atoms with Gasteiger partial charge in [0.05, 0.1) is 21.8 Å². The maximum atomic E-state index is 12.4. The number of rotatable bonds is 4. The normalized spacial score (nSPS) is 19.3. The monoisotopic (exact) mass is 462 g/mol. The molecule has 4 rings (SSSR count). The molecule has 2 N–H and O–H groups in total. The molecule has 0 radical (unpaired) electrons. The highest BCUT2D eigenvalue weighted by Gasteiger charge is 2.38. The van der Waals surface area contributed by atoms with Crippen molar-refractivity contribution in [3.05, 3.63) is 63.6 Å². The zero-order valence-electron chi connectivity index (χ0n) is 15.0. The molecule has 30 heavy (non-hydrogen) atoms. The standard InChI is InChI=1S/C19H12Cl2N4O4S/c20-9-5-6-13(12(21)7-9)22-15(26)8-14-16(27)23-19(30-14)24-25-17(28)10-3-1-2-4-11(10)18(25)29/h1-7,14H,8H2,(H,22,26)(H,23,24,27). The molecule has 1 fully saturated rings. The number of benzene rings is 2. The average Bonchev–Trinajstić information content (AvgIpc) is 3.16. The second-order valence-corrected chi connectivity index (χ2v) is 8.38. The summed E-state index contributed by atoms with van der Waals surface area (Å²) in [4.78, 5) is 49.3. The van der Waals surface area contributed by atoms with Crippen LogP contribution in [0.25, 0.3) is 0 Å². The third kappa shape index (κ3) is 3.91. The number of thioether (sulfide) groups is 1. The zero-order chi connectivity index (χ0) is 21.4. The van der Waals surface area contributed by atoms with Crippen LogP contribution in [0.4, 0.5) is 5.69 Å². The number of fused-ring (bicyclic) bond motifs is 1. The van der Waals surface area contributed by atoms with Crippen molar-refractivity contribution in [3.63, 3.8) is 0 Å². The summed E-state index contributed by atoms with van der Waals surface area (Å²) in [6.45, 7) is 0. The van der Waals surface area contributed by atoms with Crippen molar-refractivity contribution < 1.29 is 19.2 Å². The molecule has 0 aromatic heterocycles. The quantitative estimate of drug-likeness (QED) is 0.678. The van der Waals surface area contributed by atoms with E-state index in [4.69, 9.17) is 23.2 Å². The summed E-state index contributed by atoms with van der Waals surface area (Å²) in [6.07, 6.45) is -0.156. The van der Waals surface area contributed by atoms with Crippen molar-refractivity contribution in [2.75, 3.05) is 5.32 Å². The molecule has 0 saturated carbocycles. The number of anilines is 1. The number of hydrazone groups is 1. The van der Waals surface area contributed by atoms with Gasteiger partial charge in [-0.2, -0.15) is 5.01 Å². The average molecular weight is 463 g/mol. The third-order valence-electron chi connectivity index (χ3n) is 4.32. The van der Waals surface area contributed by atoms with Gasteiger partial charge in [0.2, 0.25) is 11.8 Å². The van der Waals surface area contributed by atoms with Crippen LogP contribution in [0.1, 0.15) is 27.1 Å². The van der Waals surface area contributed by atoms with Crippen LogP contribution < -0.4 is 10.6 Å². The summed E-state index contributed by atoms with van der Waals surface area (Å²) in [7, 11) is 0. The molecular weight excluding hydrogens is 451 g/mol. The number of hydrogen-bond acceptors (Lipinski definition) is 6. The van der Waals surface area contributed by atoms with E-state index in [1.54, 1.807) is 24.3 Å². The van der Waals surface area contributed by atoms with Crippen molar-refractivity contribution in [2.24, 2.45) is 5.10 Å². The lowest BCUT2D eigenvalue weighted by Crippen LogP contribution is -2.30. The Balaban J connectivity index is 1.42. The summed E-state index contributed by atoms with van der Waals surface area (Å²) in [5, 5.41) is 9.79. The van der Waals surface area contributed by atoms with E-state index in [1.165, 1.54) is 18.2 Å². The molecule has 2 aromatic rings. The SMILES string of the molecule is O=C(CC1S/C(=N/N2C(=O)c3ccccc3C2=O)NC1=O)Nc1ccc(Cl)cc1Cl. The van der Waals surface area contributed by atoms with E-state index in [0.717, 1.165) is 11.8 Å². The van der Waals surface area contributed by atoms with Crippen molar-refractivity contribution >= 4 is 69.4 Å². The summed E-state index contributed by atoms with van der Waals surface area (Å²) in [5.74, 6) is -2.03. The maximum Gasteiger partial charge on any atom is 0.282 e. The summed E-state index contributed by atoms with van der Waals surface area (Å²) in [5.41, 5.74) is 0.864. The topological polar surface area (TPSA) is 108 Å². The molecule has 1 saturated heterocycles. The summed E-state index contributed by atoms with van der Waals surface area (Å²) in [6, 6.07) is 11.0. The van der Waals surface area contributed by atoms with Gasteiger partial charge in [-0.1, -0.05) is 47.1 Å². The fourth-order valence-electron chi connectivity index (χ4n) is 2.91. The van der Waals surface area contributed by atoms with Crippen LogP contribution in [0.2, 0.25) is 10.0 Å². The molecule has 2 aliphatic heterocycles. The fraction of sp³-hybridized carbons (Fsp3) is 0.105. The van der Waals surface area contributed by atoms with Gasteiger partial charge in [-0.05, 0) is 30.3 Å². The highest BCUT2D eigenvalue weighted by atomic mass is 35.5. The molecule has 1 unspecified atom stereocenters. The minimum atomic E-state index is -0.773. The molecule has 1 atom stereocenters. The van der Waals surface area contributed by atoms with E-state index in [9.17, 15) is 19.2 Å². The Morgan fingerprint density at radius 2 is 1.77 bits per heavy atom. The van der Waals surface area contributed by atoms with Gasteiger partial charge in [-0.3, -0.25) is 19.2 Å². The van der Waals surface area contributed by atoms with Gasteiger partial charge in [0.25, 0.3) is 11.8 Å². The van der Waals surface area contributed by atoms with Gasteiger partial charge in [0, 0.05) is 11.4 Å². The van der Waals surface area contributed by atoms with Gasteiger partial charge in [-0.15, -0.1) is 5.10 Å². The minimum absolute atomic E-state index is 0.0665. The molecule has 0 aliphatic carbocycles. The van der Waals surface area contributed by atoms with Crippen LogP contribution in [0.3, 0.4) is 0 Å². The van der Waals surface area contributed by atoms with Crippen LogP contribution >= 0.6 is 35.0 Å². The van der Waals surface area contributed by atoms with Crippen LogP contribution in [-0.4, -0.2) is 39.1 Å². The van der Waals surface area contributed by atoms with Gasteiger partial charge in [-0.25, -0.2) is 0 Å². The van der Waals surface area contributed by atoms with Gasteiger partial charge in [0.1, 0.15) is 5.25 Å². The predicted octanol–water partition coefficient (Wildman–Crippen LogP) is 3.12. The molecule has 2 aliphatic rings. The first kappa shape index (κ1) is 20.4. The second kappa shape index (κ2) is 8.10. The number of carbonyl (C=O) groups excluding carboxylic acids is 4. The highest BCUT2D eigenvalue weighted by molar-refractivity contribution is 8.15. The lowest BCUT2D eigenvalue weighted by atomic mass is 10.1. The highest BCUT2D eigenvalue weighted by Crippen LogP contribution is 2.29. The Labute approximate surface area is 184 Å². The van der Waals surface area contributed by atoms with E-state index in [0.29, 0.717) is 15.7 Å². The number of halogens is 2. The molecular formula is C19H12Cl2N4O4S. The molecule has 0 bridgehead atoms. The number of nitrogens with one attached hydrogen (secondary N) is 2. The lowest BCUT2D eigenvalue weighted by molar-refractivity contribution is -0.122. The number of hydrogen-bond donors (Lipinski definition) is 2. The van der Waals surface area contributed by atoms with E-state index in [-0.39, 0.29) is 27.7 Å². The Bertz CT molecular complexity index is 1100. The smallest absolute Gasteiger partial charge is 0.282 e. The van der Waals surface area contributed by atoms with Crippen LogP contribution in [0.5, 0.6) is 0 Å². The van der Waals surface area contributed by atoms with E-state index < -0.39 is 28.9 Å². The van der Waals surface area contributed by atoms with Crippen molar-refractivity contribution in [3.8, 4) is 0 Å². The van der Waals surface area contributed by atoms with Gasteiger partial charge < -0.3 is 10.6 Å². The first-order chi connectivity index (χ1) is 14.3. The molecule has 152 valence electrons. The van der Waals surface area contributed by atoms with Crippen LogP contribution in [0, 0.1) is 0 Å². The second-order valence-electron chi connectivity index (χ2n) is 6.35. The number of amides is 4. The van der Waals surface area contributed by atoms with Gasteiger partial charge >= 0.3 is 0 Å². The van der Waals surface area contributed by atoms with Crippen molar-refractivity contribution in [2.45, 2.75) is 11.7 Å². The molecule has 8 nitrogen and oxygen atoms in total. The van der Waals surface area contributed by atoms with Gasteiger partial charge in [0.15, 0.2) is 5.17 Å². The Morgan fingerprint density at radius 3 is 2.40 bits per heavy atom. The van der Waals surface area contributed by atoms with Crippen LogP contribution in [0.15, 0.2) is 47.6 Å². The van der Waals surface area contributed by atoms with E-state index >= 15 is 0 Å². The molecule has 0 spiro atoms. The van der Waals surface area contributed by atoms with Crippen molar-refractivity contribution in [1.29, 1.82) is 0 Å². The first-order valence-electron chi connectivity index (χ1n) is 8.62. The Kier molecular flexibility index (Phi) is 5.50. The Hall–Kier alpha value is -2.88. The largest absolute Gasteiger partial charge is 0.325 e. The zero-order valence-corrected chi connectivity index (χ0v) is 17.3. The molecule has 2 heterocycles. The lowest BCUT2D eigenvalue weighted by Gasteiger charge is -2.09. The molecule has 2 aromatic carbocycles. The Morgan fingerprint density at radius 1 is 1.10 bits per heavy atom. The summed E-state index contributed by atoms with van der Waals surface area (Å²) < 4.78 is 0. The third-order valence-corrected chi connectivity index (χ3v) is 5.94. The molecule has 4 amide bonds. The molecule has 11 heteroatoms. The minimum Gasteiger partial charge on any atom is -0.325 e. The van der Waals surface area contributed by atoms with E-state index in [1.807, 2.05) is 0 Å². The van der Waals surface area contributed by atoms with E-state index in [2.05, 4.69) is 15.7 Å². The number of nitrogens with zero attached hydrogens (tertiary/aromatic N) is 2.